The van der Waals surface area contributed by atoms with E-state index in [9.17, 15) is 4.79 Å². The molecule has 4 heteroatoms. The highest BCUT2D eigenvalue weighted by molar-refractivity contribution is 5.92. The van der Waals surface area contributed by atoms with Gasteiger partial charge in [-0.2, -0.15) is 0 Å². The van der Waals surface area contributed by atoms with E-state index in [0.717, 1.165) is 24.5 Å². The fraction of sp³-hybridized carbons (Fsp3) is 0.611. The van der Waals surface area contributed by atoms with E-state index in [0.29, 0.717) is 6.54 Å². The van der Waals surface area contributed by atoms with Crippen molar-refractivity contribution in [2.45, 2.75) is 58.9 Å². The van der Waals surface area contributed by atoms with Gasteiger partial charge in [-0.25, -0.2) is 0 Å². The van der Waals surface area contributed by atoms with Crippen LogP contribution in [0.15, 0.2) is 24.3 Å². The molecule has 1 amide bonds. The lowest BCUT2D eigenvalue weighted by atomic mass is 10.1. The number of rotatable bonds is 9. The van der Waals surface area contributed by atoms with Crippen LogP contribution in [0.4, 0.5) is 5.69 Å². The Morgan fingerprint density at radius 2 is 1.95 bits per heavy atom. The monoisotopic (exact) mass is 306 g/mol. The first-order chi connectivity index (χ1) is 10.4. The van der Waals surface area contributed by atoms with Gasteiger partial charge in [-0.15, -0.1) is 0 Å². The molecule has 1 rings (SSSR count). The quantitative estimate of drug-likeness (QED) is 0.679. The van der Waals surface area contributed by atoms with E-state index in [1.807, 2.05) is 45.0 Å². The van der Waals surface area contributed by atoms with Gasteiger partial charge < -0.3 is 15.4 Å². The number of ether oxygens (including phenoxy) is 1. The fourth-order valence-electron chi connectivity index (χ4n) is 1.93. The summed E-state index contributed by atoms with van der Waals surface area (Å²) in [6, 6.07) is 7.56. The lowest BCUT2D eigenvalue weighted by Gasteiger charge is -2.20. The fourth-order valence-corrected chi connectivity index (χ4v) is 1.93. The molecule has 1 aromatic carbocycles. The first-order valence-corrected chi connectivity index (χ1v) is 8.18. The largest absolute Gasteiger partial charge is 0.494 e. The highest BCUT2D eigenvalue weighted by atomic mass is 16.5. The Labute approximate surface area is 134 Å². The summed E-state index contributed by atoms with van der Waals surface area (Å²) in [5.74, 6) is 0.757. The van der Waals surface area contributed by atoms with Crippen molar-refractivity contribution < 1.29 is 9.53 Å². The average Bonchev–Trinajstić information content (AvgIpc) is 2.45. The Balaban J connectivity index is 2.38. The van der Waals surface area contributed by atoms with E-state index in [1.54, 1.807) is 0 Å². The number of nitrogens with one attached hydrogen (secondary N) is 2. The number of unbranched alkanes of at least 4 members (excludes halogenated alkanes) is 3. The Morgan fingerprint density at radius 3 is 2.64 bits per heavy atom. The van der Waals surface area contributed by atoms with Crippen LogP contribution in [0.3, 0.4) is 0 Å². The number of benzene rings is 1. The van der Waals surface area contributed by atoms with Gasteiger partial charge in [0.1, 0.15) is 5.75 Å². The van der Waals surface area contributed by atoms with Crippen LogP contribution in [0.2, 0.25) is 0 Å². The summed E-state index contributed by atoms with van der Waals surface area (Å²) >= 11 is 0. The first kappa shape index (κ1) is 18.5. The van der Waals surface area contributed by atoms with Gasteiger partial charge in [-0.05, 0) is 39.3 Å². The zero-order valence-corrected chi connectivity index (χ0v) is 14.4. The van der Waals surface area contributed by atoms with Crippen LogP contribution in [-0.4, -0.2) is 24.6 Å². The standard InChI is InChI=1S/C18H30N2O2/c1-5-6-7-8-12-22-16-11-9-10-15(13-16)20-17(21)14-19-18(2,3)4/h9-11,13,19H,5-8,12,14H2,1-4H3,(H,20,21). The Kier molecular flexibility index (Phi) is 7.96. The smallest absolute Gasteiger partial charge is 0.238 e. The third-order valence-electron chi connectivity index (χ3n) is 3.16. The summed E-state index contributed by atoms with van der Waals surface area (Å²) in [4.78, 5) is 11.9. The maximum absolute atomic E-state index is 11.9. The number of anilines is 1. The average molecular weight is 306 g/mol. The topological polar surface area (TPSA) is 50.4 Å². The summed E-state index contributed by atoms with van der Waals surface area (Å²) in [6.07, 6.45) is 4.75. The minimum absolute atomic E-state index is 0.0463. The van der Waals surface area contributed by atoms with Crippen molar-refractivity contribution in [3.63, 3.8) is 0 Å². The molecule has 22 heavy (non-hydrogen) atoms. The van der Waals surface area contributed by atoms with E-state index in [2.05, 4.69) is 17.6 Å². The molecule has 0 saturated heterocycles. The van der Waals surface area contributed by atoms with Crippen LogP contribution in [0.1, 0.15) is 53.4 Å². The first-order valence-electron chi connectivity index (χ1n) is 8.18. The van der Waals surface area contributed by atoms with Gasteiger partial charge in [0.2, 0.25) is 5.91 Å². The summed E-state index contributed by atoms with van der Waals surface area (Å²) in [5, 5.41) is 6.05. The van der Waals surface area contributed by atoms with Crippen molar-refractivity contribution in [2.24, 2.45) is 0 Å². The molecule has 0 unspecified atom stereocenters. The Bertz CT molecular complexity index is 453. The van der Waals surface area contributed by atoms with Crippen LogP contribution < -0.4 is 15.4 Å². The van der Waals surface area contributed by atoms with Gasteiger partial charge in [0.05, 0.1) is 13.2 Å². The molecule has 0 aromatic heterocycles. The molecular formula is C18H30N2O2. The number of amides is 1. The second-order valence-corrected chi connectivity index (χ2v) is 6.59. The van der Waals surface area contributed by atoms with E-state index >= 15 is 0 Å². The van der Waals surface area contributed by atoms with Crippen LogP contribution in [0.25, 0.3) is 0 Å². The number of carbonyl (C=O) groups excluding carboxylic acids is 1. The minimum atomic E-state index is -0.0687. The van der Waals surface area contributed by atoms with Crippen molar-refractivity contribution in [1.29, 1.82) is 0 Å². The second kappa shape index (κ2) is 9.46. The molecule has 0 fully saturated rings. The lowest BCUT2D eigenvalue weighted by molar-refractivity contribution is -0.115. The second-order valence-electron chi connectivity index (χ2n) is 6.59. The maximum Gasteiger partial charge on any atom is 0.238 e. The zero-order valence-electron chi connectivity index (χ0n) is 14.4. The zero-order chi connectivity index (χ0) is 16.4. The molecule has 0 atom stereocenters. The van der Waals surface area contributed by atoms with Gasteiger partial charge in [-0.1, -0.05) is 32.3 Å². The van der Waals surface area contributed by atoms with E-state index in [-0.39, 0.29) is 11.4 Å². The minimum Gasteiger partial charge on any atom is -0.494 e. The van der Waals surface area contributed by atoms with Crippen molar-refractivity contribution in [3.05, 3.63) is 24.3 Å². The predicted octanol–water partition coefficient (Wildman–Crippen LogP) is 3.97. The molecule has 124 valence electrons. The van der Waals surface area contributed by atoms with Gasteiger partial charge in [0.25, 0.3) is 0 Å². The Morgan fingerprint density at radius 1 is 1.18 bits per heavy atom. The van der Waals surface area contributed by atoms with Crippen molar-refractivity contribution in [2.75, 3.05) is 18.5 Å². The maximum atomic E-state index is 11.9. The van der Waals surface area contributed by atoms with Crippen molar-refractivity contribution >= 4 is 11.6 Å². The lowest BCUT2D eigenvalue weighted by Crippen LogP contribution is -2.41. The molecule has 0 aliphatic heterocycles. The molecule has 2 N–H and O–H groups in total. The molecule has 0 spiro atoms. The molecule has 0 bridgehead atoms. The Hall–Kier alpha value is -1.55. The normalized spacial score (nSPS) is 11.3. The van der Waals surface area contributed by atoms with Crippen LogP contribution in [0.5, 0.6) is 5.75 Å². The predicted molar refractivity (Wildman–Crippen MR) is 92.5 cm³/mol. The molecule has 4 nitrogen and oxygen atoms in total. The van der Waals surface area contributed by atoms with E-state index in [4.69, 9.17) is 4.74 Å². The molecule has 0 aliphatic rings. The summed E-state index contributed by atoms with van der Waals surface area (Å²) in [5.41, 5.74) is 0.701. The van der Waals surface area contributed by atoms with Crippen LogP contribution in [-0.2, 0) is 4.79 Å². The van der Waals surface area contributed by atoms with Gasteiger partial charge >= 0.3 is 0 Å². The van der Waals surface area contributed by atoms with Gasteiger partial charge in [0, 0.05) is 17.3 Å². The molecule has 0 aliphatic carbocycles. The number of carbonyl (C=O) groups is 1. The summed E-state index contributed by atoms with van der Waals surface area (Å²) in [6.45, 7) is 9.32. The molecule has 0 radical (unpaired) electrons. The van der Waals surface area contributed by atoms with E-state index in [1.165, 1.54) is 19.3 Å². The van der Waals surface area contributed by atoms with E-state index < -0.39 is 0 Å². The highest BCUT2D eigenvalue weighted by Crippen LogP contribution is 2.17. The molecule has 1 aromatic rings. The van der Waals surface area contributed by atoms with Gasteiger partial charge in [-0.3, -0.25) is 4.79 Å². The summed E-state index contributed by atoms with van der Waals surface area (Å²) in [7, 11) is 0. The van der Waals surface area contributed by atoms with Crippen LogP contribution >= 0.6 is 0 Å². The highest BCUT2D eigenvalue weighted by Gasteiger charge is 2.11. The third kappa shape index (κ3) is 8.67. The molecule has 0 saturated carbocycles. The summed E-state index contributed by atoms with van der Waals surface area (Å²) < 4.78 is 5.72. The molecular weight excluding hydrogens is 276 g/mol. The third-order valence-corrected chi connectivity index (χ3v) is 3.16. The van der Waals surface area contributed by atoms with Gasteiger partial charge in [0.15, 0.2) is 0 Å². The molecule has 0 heterocycles. The SMILES string of the molecule is CCCCCCOc1cccc(NC(=O)CNC(C)(C)C)c1. The van der Waals surface area contributed by atoms with Crippen molar-refractivity contribution in [1.82, 2.24) is 5.32 Å². The van der Waals surface area contributed by atoms with Crippen molar-refractivity contribution in [3.8, 4) is 5.75 Å². The van der Waals surface area contributed by atoms with Crippen LogP contribution in [0, 0.1) is 0 Å². The number of hydrogen-bond donors (Lipinski definition) is 2. The number of hydrogen-bond acceptors (Lipinski definition) is 3.